The number of hydrogen-bond donors (Lipinski definition) is 2. The molecule has 2 amide bonds. The Labute approximate surface area is 81.5 Å². The second kappa shape index (κ2) is 2.90. The molecule has 0 aromatic carbocycles. The normalized spacial score (nSPS) is 15.4. The fraction of sp³-hybridized carbons (Fsp3) is 0.500. The molecule has 1 aliphatic rings. The van der Waals surface area contributed by atoms with Crippen LogP contribution in [0.4, 0.5) is 10.6 Å². The molecule has 0 saturated carbocycles. The highest BCUT2D eigenvalue weighted by Crippen LogP contribution is 2.22. The van der Waals surface area contributed by atoms with Crippen molar-refractivity contribution >= 4 is 11.8 Å². The van der Waals surface area contributed by atoms with Crippen molar-refractivity contribution in [1.29, 1.82) is 0 Å². The van der Waals surface area contributed by atoms with Crippen molar-refractivity contribution in [2.24, 2.45) is 12.8 Å². The van der Waals surface area contributed by atoms with Crippen LogP contribution in [0.25, 0.3) is 0 Å². The summed E-state index contributed by atoms with van der Waals surface area (Å²) in [6.45, 7) is 1.09. The molecule has 2 heterocycles. The third-order valence-corrected chi connectivity index (χ3v) is 2.56. The van der Waals surface area contributed by atoms with E-state index in [4.69, 9.17) is 11.5 Å². The van der Waals surface area contributed by atoms with Crippen molar-refractivity contribution < 1.29 is 4.79 Å². The molecule has 1 aromatic heterocycles. The third kappa shape index (κ3) is 1.19. The first-order valence-corrected chi connectivity index (χ1v) is 4.44. The molecule has 0 spiro atoms. The zero-order valence-electron chi connectivity index (χ0n) is 8.03. The molecule has 1 aliphatic heterocycles. The van der Waals surface area contributed by atoms with Gasteiger partial charge in [-0.3, -0.25) is 4.68 Å². The standard InChI is InChI=1S/C8H13N5O/c1-12-7(9)5-2-3-13(8(10)14)4-6(5)11-12/h2-4,9H2,1H3,(H2,10,14). The van der Waals surface area contributed by atoms with Crippen LogP contribution in [0.3, 0.4) is 0 Å². The van der Waals surface area contributed by atoms with Gasteiger partial charge in [0.05, 0.1) is 12.2 Å². The summed E-state index contributed by atoms with van der Waals surface area (Å²) >= 11 is 0. The lowest BCUT2D eigenvalue weighted by atomic mass is 10.1. The quantitative estimate of drug-likeness (QED) is 0.581. The van der Waals surface area contributed by atoms with Crippen molar-refractivity contribution in [3.63, 3.8) is 0 Å². The third-order valence-electron chi connectivity index (χ3n) is 2.56. The number of aryl methyl sites for hydroxylation is 1. The van der Waals surface area contributed by atoms with Gasteiger partial charge in [0.25, 0.3) is 0 Å². The Balaban J connectivity index is 2.31. The van der Waals surface area contributed by atoms with E-state index in [2.05, 4.69) is 5.10 Å². The second-order valence-electron chi connectivity index (χ2n) is 3.44. The maximum absolute atomic E-state index is 10.9. The van der Waals surface area contributed by atoms with E-state index < -0.39 is 6.03 Å². The summed E-state index contributed by atoms with van der Waals surface area (Å²) in [7, 11) is 1.79. The van der Waals surface area contributed by atoms with Gasteiger partial charge in [-0.1, -0.05) is 0 Å². The number of anilines is 1. The Hall–Kier alpha value is -1.72. The molecule has 6 nitrogen and oxygen atoms in total. The molecule has 0 aliphatic carbocycles. The van der Waals surface area contributed by atoms with E-state index >= 15 is 0 Å². The monoisotopic (exact) mass is 195 g/mol. The first kappa shape index (κ1) is 8.86. The molecule has 0 bridgehead atoms. The van der Waals surface area contributed by atoms with Crippen molar-refractivity contribution in [1.82, 2.24) is 14.7 Å². The van der Waals surface area contributed by atoms with Crippen molar-refractivity contribution in [2.45, 2.75) is 13.0 Å². The van der Waals surface area contributed by atoms with Gasteiger partial charge >= 0.3 is 6.03 Å². The molecular formula is C8H13N5O. The molecule has 4 N–H and O–H groups in total. The minimum absolute atomic E-state index is 0.403. The van der Waals surface area contributed by atoms with Gasteiger partial charge in [-0.25, -0.2) is 4.79 Å². The number of hydrogen-bond acceptors (Lipinski definition) is 3. The van der Waals surface area contributed by atoms with Gasteiger partial charge in [-0.15, -0.1) is 0 Å². The van der Waals surface area contributed by atoms with E-state index in [1.165, 1.54) is 0 Å². The summed E-state index contributed by atoms with van der Waals surface area (Å²) in [5, 5.41) is 4.23. The van der Waals surface area contributed by atoms with Gasteiger partial charge in [0, 0.05) is 19.2 Å². The SMILES string of the molecule is Cn1nc2c(c1N)CCN(C(N)=O)C2. The maximum atomic E-state index is 10.9. The molecule has 0 radical (unpaired) electrons. The lowest BCUT2D eigenvalue weighted by Crippen LogP contribution is -2.39. The summed E-state index contributed by atoms with van der Waals surface area (Å²) in [4.78, 5) is 12.5. The van der Waals surface area contributed by atoms with Crippen molar-refractivity contribution in [2.75, 3.05) is 12.3 Å². The number of rotatable bonds is 0. The largest absolute Gasteiger partial charge is 0.384 e. The Morgan fingerprint density at radius 1 is 1.57 bits per heavy atom. The average Bonchev–Trinajstić information content (AvgIpc) is 2.42. The Morgan fingerprint density at radius 2 is 2.29 bits per heavy atom. The van der Waals surface area contributed by atoms with Gasteiger partial charge in [0.2, 0.25) is 0 Å². The van der Waals surface area contributed by atoms with Crippen LogP contribution in [0.5, 0.6) is 0 Å². The van der Waals surface area contributed by atoms with Gasteiger partial charge in [-0.05, 0) is 6.42 Å². The number of carbonyl (C=O) groups is 1. The van der Waals surface area contributed by atoms with Crippen molar-refractivity contribution in [3.05, 3.63) is 11.3 Å². The van der Waals surface area contributed by atoms with Gasteiger partial charge in [-0.2, -0.15) is 5.10 Å². The summed E-state index contributed by atoms with van der Waals surface area (Å²) in [5.74, 6) is 0.684. The second-order valence-corrected chi connectivity index (χ2v) is 3.44. The van der Waals surface area contributed by atoms with E-state index in [1.54, 1.807) is 16.6 Å². The van der Waals surface area contributed by atoms with Crippen LogP contribution in [0.2, 0.25) is 0 Å². The highest BCUT2D eigenvalue weighted by atomic mass is 16.2. The molecule has 76 valence electrons. The van der Waals surface area contributed by atoms with E-state index in [1.807, 2.05) is 0 Å². The number of fused-ring (bicyclic) bond motifs is 1. The van der Waals surface area contributed by atoms with Crippen LogP contribution in [0.1, 0.15) is 11.3 Å². The number of carbonyl (C=O) groups excluding carboxylic acids is 1. The fourth-order valence-corrected chi connectivity index (χ4v) is 1.73. The Bertz CT molecular complexity index is 383. The van der Waals surface area contributed by atoms with Gasteiger partial charge < -0.3 is 16.4 Å². The lowest BCUT2D eigenvalue weighted by Gasteiger charge is -2.24. The van der Waals surface area contributed by atoms with Crippen LogP contribution < -0.4 is 11.5 Å². The van der Waals surface area contributed by atoms with Gasteiger partial charge in [0.1, 0.15) is 5.82 Å². The average molecular weight is 195 g/mol. The number of nitrogens with two attached hydrogens (primary N) is 2. The summed E-state index contributed by atoms with van der Waals surface area (Å²) in [6, 6.07) is -0.403. The molecule has 0 fully saturated rings. The van der Waals surface area contributed by atoms with E-state index in [0.29, 0.717) is 18.9 Å². The number of aromatic nitrogens is 2. The highest BCUT2D eigenvalue weighted by Gasteiger charge is 2.23. The predicted octanol–water partition coefficient (Wildman–Crippen LogP) is -0.561. The number of urea groups is 1. The highest BCUT2D eigenvalue weighted by molar-refractivity contribution is 5.72. The minimum atomic E-state index is -0.403. The summed E-state index contributed by atoms with van der Waals surface area (Å²) in [5.41, 5.74) is 12.9. The molecule has 0 atom stereocenters. The Kier molecular flexibility index (Phi) is 1.83. The summed E-state index contributed by atoms with van der Waals surface area (Å²) in [6.07, 6.45) is 0.734. The van der Waals surface area contributed by atoms with Crippen LogP contribution in [0, 0.1) is 0 Å². The van der Waals surface area contributed by atoms with E-state index in [0.717, 1.165) is 17.7 Å². The van der Waals surface area contributed by atoms with Crippen LogP contribution in [-0.4, -0.2) is 27.3 Å². The molecular weight excluding hydrogens is 182 g/mol. The molecule has 0 unspecified atom stereocenters. The van der Waals surface area contributed by atoms with Crippen molar-refractivity contribution in [3.8, 4) is 0 Å². The number of nitrogen functional groups attached to an aromatic ring is 1. The van der Waals surface area contributed by atoms with Crippen LogP contribution in [-0.2, 0) is 20.0 Å². The number of nitrogens with zero attached hydrogens (tertiary/aromatic N) is 3. The molecule has 6 heteroatoms. The topological polar surface area (TPSA) is 90.2 Å². The summed E-state index contributed by atoms with van der Waals surface area (Å²) < 4.78 is 1.63. The minimum Gasteiger partial charge on any atom is -0.384 e. The first-order chi connectivity index (χ1) is 6.59. The molecule has 2 rings (SSSR count). The zero-order valence-corrected chi connectivity index (χ0v) is 8.03. The van der Waals surface area contributed by atoms with Crippen LogP contribution in [0.15, 0.2) is 0 Å². The molecule has 0 saturated heterocycles. The van der Waals surface area contributed by atoms with E-state index in [-0.39, 0.29) is 0 Å². The number of amides is 2. The first-order valence-electron chi connectivity index (χ1n) is 4.44. The fourth-order valence-electron chi connectivity index (χ4n) is 1.73. The van der Waals surface area contributed by atoms with Gasteiger partial charge in [0.15, 0.2) is 0 Å². The lowest BCUT2D eigenvalue weighted by molar-refractivity contribution is 0.201. The smallest absolute Gasteiger partial charge is 0.315 e. The Morgan fingerprint density at radius 3 is 2.93 bits per heavy atom. The van der Waals surface area contributed by atoms with E-state index in [9.17, 15) is 4.79 Å². The molecule has 14 heavy (non-hydrogen) atoms. The predicted molar refractivity (Wildman–Crippen MR) is 51.3 cm³/mol. The maximum Gasteiger partial charge on any atom is 0.315 e. The van der Waals surface area contributed by atoms with Crippen LogP contribution >= 0.6 is 0 Å². The zero-order chi connectivity index (χ0) is 10.3. The number of primary amides is 1. The molecule has 1 aromatic rings.